The molecular formula is C17H24N7O3+. The van der Waals surface area contributed by atoms with Crippen LogP contribution in [0.15, 0.2) is 28.3 Å². The number of hydrogen-bond donors (Lipinski definition) is 5. The van der Waals surface area contributed by atoms with Gasteiger partial charge in [0.1, 0.15) is 12.8 Å². The summed E-state index contributed by atoms with van der Waals surface area (Å²) in [7, 11) is 0. The van der Waals surface area contributed by atoms with Gasteiger partial charge < -0.3 is 26.2 Å². The maximum Gasteiger partial charge on any atom is 0.321 e. The van der Waals surface area contributed by atoms with Crippen LogP contribution in [-0.4, -0.2) is 71.0 Å². The highest BCUT2D eigenvalue weighted by Gasteiger charge is 2.22. The summed E-state index contributed by atoms with van der Waals surface area (Å²) in [5.41, 5.74) is 13.6. The summed E-state index contributed by atoms with van der Waals surface area (Å²) in [6.45, 7) is 1.65. The van der Waals surface area contributed by atoms with Crippen LogP contribution in [0.4, 0.5) is 21.9 Å². The lowest BCUT2D eigenvalue weighted by molar-refractivity contribution is -0.532. The molecule has 0 unspecified atom stereocenters. The number of urea groups is 1. The molecule has 2 amide bonds. The zero-order chi connectivity index (χ0) is 19.4. The van der Waals surface area contributed by atoms with Crippen molar-refractivity contribution in [1.82, 2.24) is 0 Å². The van der Waals surface area contributed by atoms with Gasteiger partial charge in [0.05, 0.1) is 24.1 Å². The number of carbonyl (C=O) groups is 1. The molecule has 10 heteroatoms. The molecule has 10 nitrogen and oxygen atoms in total. The van der Waals surface area contributed by atoms with Crippen LogP contribution in [0.2, 0.25) is 0 Å². The molecule has 0 aliphatic carbocycles. The van der Waals surface area contributed by atoms with Crippen LogP contribution in [-0.2, 0) is 0 Å². The highest BCUT2D eigenvalue weighted by Crippen LogP contribution is 2.31. The van der Waals surface area contributed by atoms with Gasteiger partial charge in [-0.25, -0.2) is 9.79 Å². The van der Waals surface area contributed by atoms with Crippen LogP contribution in [0.25, 0.3) is 0 Å². The molecular weight excluding hydrogens is 350 g/mol. The number of piperidine rings is 1. The SMILES string of the molecule is NC(=O)Nc1cc(N2CCC(O)CC2)ccc1N=C1C=N[N+](CCO)=C1N. The van der Waals surface area contributed by atoms with Gasteiger partial charge in [-0.3, -0.25) is 5.73 Å². The summed E-state index contributed by atoms with van der Waals surface area (Å²) < 4.78 is 1.45. The molecule has 1 fully saturated rings. The van der Waals surface area contributed by atoms with E-state index < -0.39 is 6.03 Å². The summed E-state index contributed by atoms with van der Waals surface area (Å²) in [6.07, 6.45) is 2.63. The topological polar surface area (TPSA) is 153 Å². The summed E-state index contributed by atoms with van der Waals surface area (Å²) in [5, 5.41) is 25.4. The molecule has 2 aliphatic heterocycles. The van der Waals surface area contributed by atoms with E-state index in [0.717, 1.165) is 18.8 Å². The zero-order valence-electron chi connectivity index (χ0n) is 14.9. The molecule has 0 atom stereocenters. The van der Waals surface area contributed by atoms with Crippen molar-refractivity contribution in [3.05, 3.63) is 18.2 Å². The Balaban J connectivity index is 1.90. The number of benzene rings is 1. The third kappa shape index (κ3) is 4.41. The van der Waals surface area contributed by atoms with Gasteiger partial charge in [-0.2, -0.15) is 0 Å². The van der Waals surface area contributed by atoms with E-state index in [1.54, 1.807) is 12.1 Å². The number of nitrogens with two attached hydrogens (primary N) is 2. The molecule has 2 aliphatic rings. The second-order valence-electron chi connectivity index (χ2n) is 6.38. The van der Waals surface area contributed by atoms with Gasteiger partial charge in [0, 0.05) is 18.8 Å². The van der Waals surface area contributed by atoms with E-state index >= 15 is 0 Å². The highest BCUT2D eigenvalue weighted by molar-refractivity contribution is 6.62. The van der Waals surface area contributed by atoms with Crippen molar-refractivity contribution in [3.63, 3.8) is 0 Å². The monoisotopic (exact) mass is 374 g/mol. The van der Waals surface area contributed by atoms with Gasteiger partial charge in [0.15, 0.2) is 5.71 Å². The van der Waals surface area contributed by atoms with Gasteiger partial charge in [-0.1, -0.05) is 5.10 Å². The molecule has 7 N–H and O–H groups in total. The van der Waals surface area contributed by atoms with Crippen LogP contribution >= 0.6 is 0 Å². The van der Waals surface area contributed by atoms with E-state index in [1.165, 1.54) is 10.9 Å². The van der Waals surface area contributed by atoms with Crippen molar-refractivity contribution < 1.29 is 19.7 Å². The fraction of sp³-hybridized carbons (Fsp3) is 0.412. The summed E-state index contributed by atoms with van der Waals surface area (Å²) >= 11 is 0. The van der Waals surface area contributed by atoms with Crippen molar-refractivity contribution in [2.45, 2.75) is 18.9 Å². The van der Waals surface area contributed by atoms with E-state index in [2.05, 4.69) is 20.3 Å². The number of β-amino-alcohol motifs (C(OH)–C–C–N with tert-alkyl or cyclic N) is 1. The molecule has 0 saturated carbocycles. The minimum absolute atomic E-state index is 0.0843. The molecule has 3 rings (SSSR count). The number of amidine groups is 1. The molecule has 1 saturated heterocycles. The lowest BCUT2D eigenvalue weighted by Gasteiger charge is -2.31. The average Bonchev–Trinajstić information content (AvgIpc) is 2.97. The molecule has 1 aromatic rings. The highest BCUT2D eigenvalue weighted by atomic mass is 16.3. The first kappa shape index (κ1) is 18.8. The van der Waals surface area contributed by atoms with Crippen molar-refractivity contribution in [3.8, 4) is 0 Å². The smallest absolute Gasteiger partial charge is 0.321 e. The molecule has 144 valence electrons. The molecule has 0 spiro atoms. The maximum absolute atomic E-state index is 11.4. The van der Waals surface area contributed by atoms with Gasteiger partial charge in [-0.15, -0.1) is 4.68 Å². The number of rotatable bonds is 5. The lowest BCUT2D eigenvalue weighted by Crippen LogP contribution is -2.35. The number of primary amides is 1. The predicted molar refractivity (Wildman–Crippen MR) is 104 cm³/mol. The Bertz CT molecular complexity index is 811. The van der Waals surface area contributed by atoms with Crippen molar-refractivity contribution >= 4 is 40.9 Å². The lowest BCUT2D eigenvalue weighted by atomic mass is 10.1. The number of nitrogens with one attached hydrogen (secondary N) is 1. The molecule has 1 aromatic carbocycles. The normalized spacial score (nSPS) is 19.2. The number of anilines is 2. The van der Waals surface area contributed by atoms with E-state index in [0.29, 0.717) is 35.8 Å². The van der Waals surface area contributed by atoms with Crippen LogP contribution < -0.4 is 21.7 Å². The van der Waals surface area contributed by atoms with Gasteiger partial charge >= 0.3 is 11.9 Å². The standard InChI is InChI=1S/C17H23N7O3/c18-16-15(10-20-24(16)7-8-25)21-13-2-1-11(9-14(13)22-17(19)27)23-5-3-12(26)4-6-23/h1-2,9-10,12,25-26H,3-8H2,(H4,18,19,20,22,27)/p+1. The number of hydrogen-bond acceptors (Lipinski definition) is 7. The Labute approximate surface area is 156 Å². The van der Waals surface area contributed by atoms with Gasteiger partial charge in [0.25, 0.3) is 0 Å². The Morgan fingerprint density at radius 1 is 1.41 bits per heavy atom. The maximum atomic E-state index is 11.4. The third-order valence-electron chi connectivity index (χ3n) is 4.48. The fourth-order valence-electron chi connectivity index (χ4n) is 3.05. The average molecular weight is 374 g/mol. The summed E-state index contributed by atoms with van der Waals surface area (Å²) in [6, 6.07) is 4.78. The first-order valence-electron chi connectivity index (χ1n) is 8.75. The number of aliphatic hydroxyl groups is 2. The fourth-order valence-corrected chi connectivity index (χ4v) is 3.05. The van der Waals surface area contributed by atoms with E-state index in [1.807, 2.05) is 6.07 Å². The van der Waals surface area contributed by atoms with E-state index in [-0.39, 0.29) is 19.3 Å². The quantitative estimate of drug-likeness (QED) is 0.443. The molecule has 0 aromatic heterocycles. The number of aliphatic hydroxyl groups excluding tert-OH is 2. The number of hydrazone groups is 1. The van der Waals surface area contributed by atoms with E-state index in [4.69, 9.17) is 16.6 Å². The largest absolute Gasteiger partial charge is 0.393 e. The minimum Gasteiger partial charge on any atom is -0.393 e. The van der Waals surface area contributed by atoms with Crippen LogP contribution in [0.3, 0.4) is 0 Å². The predicted octanol–water partition coefficient (Wildman–Crippen LogP) is -0.428. The van der Waals surface area contributed by atoms with Crippen molar-refractivity contribution in [1.29, 1.82) is 0 Å². The molecule has 27 heavy (non-hydrogen) atoms. The minimum atomic E-state index is -0.693. The number of aliphatic imine (C=N–C) groups is 1. The summed E-state index contributed by atoms with van der Waals surface area (Å²) in [5.74, 6) is 0.322. The first-order valence-corrected chi connectivity index (χ1v) is 8.75. The van der Waals surface area contributed by atoms with Gasteiger partial charge in [0.2, 0.25) is 0 Å². The van der Waals surface area contributed by atoms with Crippen molar-refractivity contribution in [2.24, 2.45) is 21.6 Å². The first-order chi connectivity index (χ1) is 13.0. The second-order valence-corrected chi connectivity index (χ2v) is 6.38. The Morgan fingerprint density at radius 2 is 2.15 bits per heavy atom. The van der Waals surface area contributed by atoms with Crippen molar-refractivity contribution in [2.75, 3.05) is 36.5 Å². The Kier molecular flexibility index (Phi) is 5.67. The van der Waals surface area contributed by atoms with E-state index in [9.17, 15) is 9.90 Å². The van der Waals surface area contributed by atoms with Crippen LogP contribution in [0.1, 0.15) is 12.8 Å². The molecule has 0 bridgehead atoms. The second kappa shape index (κ2) is 8.14. The van der Waals surface area contributed by atoms with Crippen LogP contribution in [0.5, 0.6) is 0 Å². The summed E-state index contributed by atoms with van der Waals surface area (Å²) in [4.78, 5) is 18.0. The van der Waals surface area contributed by atoms with Gasteiger partial charge in [-0.05, 0) is 31.0 Å². The Hall–Kier alpha value is -2.98. The number of amides is 2. The third-order valence-corrected chi connectivity index (χ3v) is 4.48. The Morgan fingerprint density at radius 3 is 2.81 bits per heavy atom. The number of carbonyl (C=O) groups excluding carboxylic acids is 1. The van der Waals surface area contributed by atoms with Crippen LogP contribution in [0, 0.1) is 0 Å². The molecule has 2 heterocycles. The zero-order valence-corrected chi connectivity index (χ0v) is 14.9. The number of nitrogens with zero attached hydrogens (tertiary/aromatic N) is 4. The molecule has 0 radical (unpaired) electrons.